The molecule has 0 spiro atoms. The van der Waals surface area contributed by atoms with E-state index < -0.39 is 17.5 Å². The van der Waals surface area contributed by atoms with Gasteiger partial charge in [-0.05, 0) is 25.8 Å². The minimum Gasteiger partial charge on any atom is -0.385 e. The van der Waals surface area contributed by atoms with E-state index in [0.717, 1.165) is 18.9 Å². The van der Waals surface area contributed by atoms with Crippen molar-refractivity contribution in [2.24, 2.45) is 5.41 Å². The average Bonchev–Trinajstić information content (AvgIpc) is 2.96. The lowest BCUT2D eigenvalue weighted by molar-refractivity contribution is -0.141. The molecule has 1 aromatic heterocycles. The molecular weight excluding hydrogens is 267 g/mol. The number of nitrogens with zero attached hydrogens (tertiary/aromatic N) is 1. The molecule has 1 N–H and O–H groups in total. The number of aliphatic hydroxyl groups is 1. The molecule has 0 amide bonds. The smallest absolute Gasteiger partial charge is 0.385 e. The Labute approximate surface area is 108 Å². The molecule has 0 aliphatic heterocycles. The highest BCUT2D eigenvalue weighted by atomic mass is 35.5. The summed E-state index contributed by atoms with van der Waals surface area (Å²) in [5.74, 6) is 0. The SMILES string of the molecule is CC1(C(C)(O)c2ccc(C(F)(F)F)nc2Cl)CC1. The van der Waals surface area contributed by atoms with Crippen LogP contribution in [0.2, 0.25) is 5.15 Å². The van der Waals surface area contributed by atoms with Crippen LogP contribution in [0.15, 0.2) is 12.1 Å². The second-order valence-electron chi connectivity index (χ2n) is 5.17. The van der Waals surface area contributed by atoms with Gasteiger partial charge in [-0.2, -0.15) is 13.2 Å². The third kappa shape index (κ3) is 2.10. The van der Waals surface area contributed by atoms with Gasteiger partial charge in [-0.1, -0.05) is 24.6 Å². The molecular formula is C12H13ClF3NO. The van der Waals surface area contributed by atoms with Crippen LogP contribution >= 0.6 is 11.6 Å². The molecule has 1 aromatic rings. The molecule has 0 radical (unpaired) electrons. The minimum absolute atomic E-state index is 0.247. The van der Waals surface area contributed by atoms with Crippen molar-refractivity contribution >= 4 is 11.6 Å². The molecule has 2 rings (SSSR count). The molecule has 100 valence electrons. The zero-order valence-corrected chi connectivity index (χ0v) is 10.7. The summed E-state index contributed by atoms with van der Waals surface area (Å²) in [6, 6.07) is 2.06. The van der Waals surface area contributed by atoms with Crippen LogP contribution in [0, 0.1) is 5.41 Å². The van der Waals surface area contributed by atoms with Gasteiger partial charge in [0.2, 0.25) is 0 Å². The number of aromatic nitrogens is 1. The molecule has 1 atom stereocenters. The van der Waals surface area contributed by atoms with E-state index in [-0.39, 0.29) is 16.1 Å². The van der Waals surface area contributed by atoms with Crippen molar-refractivity contribution in [3.8, 4) is 0 Å². The van der Waals surface area contributed by atoms with Crippen molar-refractivity contribution in [2.45, 2.75) is 38.5 Å². The molecule has 0 bridgehead atoms. The first-order valence-corrected chi connectivity index (χ1v) is 5.92. The highest BCUT2D eigenvalue weighted by molar-refractivity contribution is 6.30. The van der Waals surface area contributed by atoms with Crippen LogP contribution in [0.25, 0.3) is 0 Å². The zero-order valence-electron chi connectivity index (χ0n) is 9.98. The van der Waals surface area contributed by atoms with Gasteiger partial charge >= 0.3 is 6.18 Å². The van der Waals surface area contributed by atoms with Gasteiger partial charge in [0.15, 0.2) is 0 Å². The summed E-state index contributed by atoms with van der Waals surface area (Å²) in [6.45, 7) is 3.44. The maximum absolute atomic E-state index is 12.5. The summed E-state index contributed by atoms with van der Waals surface area (Å²) in [5, 5.41) is 10.2. The Morgan fingerprint density at radius 1 is 1.33 bits per heavy atom. The van der Waals surface area contributed by atoms with Crippen molar-refractivity contribution in [2.75, 3.05) is 0 Å². The Morgan fingerprint density at radius 3 is 2.28 bits per heavy atom. The van der Waals surface area contributed by atoms with E-state index in [4.69, 9.17) is 11.6 Å². The molecule has 2 nitrogen and oxygen atoms in total. The van der Waals surface area contributed by atoms with Crippen LogP contribution in [-0.4, -0.2) is 10.1 Å². The normalized spacial score (nSPS) is 21.5. The largest absolute Gasteiger partial charge is 0.433 e. The van der Waals surface area contributed by atoms with Gasteiger partial charge in [-0.25, -0.2) is 4.98 Å². The second kappa shape index (κ2) is 3.84. The van der Waals surface area contributed by atoms with Crippen molar-refractivity contribution in [3.63, 3.8) is 0 Å². The van der Waals surface area contributed by atoms with Gasteiger partial charge in [0, 0.05) is 11.0 Å². The molecule has 1 unspecified atom stereocenters. The first-order chi connectivity index (χ1) is 8.08. The number of pyridine rings is 1. The summed E-state index contributed by atoms with van der Waals surface area (Å²) in [6.07, 6.45) is -2.90. The van der Waals surface area contributed by atoms with Crippen LogP contribution in [0.5, 0.6) is 0 Å². The van der Waals surface area contributed by atoms with Crippen molar-refractivity contribution in [1.29, 1.82) is 0 Å². The fourth-order valence-electron chi connectivity index (χ4n) is 1.95. The minimum atomic E-state index is -4.53. The summed E-state index contributed by atoms with van der Waals surface area (Å²) >= 11 is 5.78. The standard InChI is InChI=1S/C12H13ClF3NO/c1-10(5-6-10)11(2,18)7-3-4-8(12(14,15)16)17-9(7)13/h3-4,18H,5-6H2,1-2H3. The average molecular weight is 280 g/mol. The van der Waals surface area contributed by atoms with Crippen LogP contribution in [0.1, 0.15) is 37.9 Å². The fourth-order valence-corrected chi connectivity index (χ4v) is 2.29. The molecule has 1 aliphatic rings. The summed E-state index contributed by atoms with van der Waals surface area (Å²) in [7, 11) is 0. The topological polar surface area (TPSA) is 33.1 Å². The zero-order chi connectivity index (χ0) is 13.8. The van der Waals surface area contributed by atoms with E-state index in [1.807, 2.05) is 6.92 Å². The van der Waals surface area contributed by atoms with Crippen LogP contribution in [-0.2, 0) is 11.8 Å². The predicted molar refractivity (Wildman–Crippen MR) is 61.2 cm³/mol. The van der Waals surface area contributed by atoms with Crippen molar-refractivity contribution < 1.29 is 18.3 Å². The second-order valence-corrected chi connectivity index (χ2v) is 5.52. The lowest BCUT2D eigenvalue weighted by atomic mass is 9.82. The maximum atomic E-state index is 12.5. The first-order valence-electron chi connectivity index (χ1n) is 5.54. The molecule has 0 saturated heterocycles. The first kappa shape index (κ1) is 13.6. The lowest BCUT2D eigenvalue weighted by Crippen LogP contribution is -2.32. The third-order valence-corrected chi connectivity index (χ3v) is 4.13. The third-order valence-electron chi connectivity index (χ3n) is 3.84. The predicted octanol–water partition coefficient (Wildman–Crippen LogP) is 3.76. The van der Waals surface area contributed by atoms with Gasteiger partial charge in [-0.15, -0.1) is 0 Å². The van der Waals surface area contributed by atoms with Crippen LogP contribution in [0.3, 0.4) is 0 Å². The molecule has 18 heavy (non-hydrogen) atoms. The summed E-state index contributed by atoms with van der Waals surface area (Å²) in [4.78, 5) is 3.33. The van der Waals surface area contributed by atoms with E-state index in [1.54, 1.807) is 6.92 Å². The number of hydrogen-bond donors (Lipinski definition) is 1. The van der Waals surface area contributed by atoms with Crippen LogP contribution < -0.4 is 0 Å². The van der Waals surface area contributed by atoms with E-state index in [0.29, 0.717) is 0 Å². The Bertz CT molecular complexity index is 481. The summed E-state index contributed by atoms with van der Waals surface area (Å²) in [5.41, 5.74) is -2.40. The molecule has 1 saturated carbocycles. The van der Waals surface area contributed by atoms with E-state index in [9.17, 15) is 18.3 Å². The number of alkyl halides is 3. The number of rotatable bonds is 2. The Kier molecular flexibility index (Phi) is 2.91. The highest BCUT2D eigenvalue weighted by Gasteiger charge is 2.54. The van der Waals surface area contributed by atoms with E-state index in [1.165, 1.54) is 6.07 Å². The highest BCUT2D eigenvalue weighted by Crippen LogP contribution is 2.58. The molecule has 0 aromatic carbocycles. The Balaban J connectivity index is 2.42. The van der Waals surface area contributed by atoms with Gasteiger partial charge in [0.25, 0.3) is 0 Å². The van der Waals surface area contributed by atoms with Gasteiger partial charge in [0.05, 0.1) is 5.60 Å². The number of hydrogen-bond acceptors (Lipinski definition) is 2. The van der Waals surface area contributed by atoms with Gasteiger partial charge < -0.3 is 5.11 Å². The summed E-state index contributed by atoms with van der Waals surface area (Å²) < 4.78 is 37.4. The van der Waals surface area contributed by atoms with Crippen molar-refractivity contribution in [3.05, 3.63) is 28.5 Å². The lowest BCUT2D eigenvalue weighted by Gasteiger charge is -2.31. The Hall–Kier alpha value is -0.810. The van der Waals surface area contributed by atoms with Crippen LogP contribution in [0.4, 0.5) is 13.2 Å². The monoisotopic (exact) mass is 279 g/mol. The van der Waals surface area contributed by atoms with Gasteiger partial charge in [-0.3, -0.25) is 0 Å². The quantitative estimate of drug-likeness (QED) is 0.836. The molecule has 1 fully saturated rings. The molecule has 1 aliphatic carbocycles. The molecule has 6 heteroatoms. The molecule has 1 heterocycles. The van der Waals surface area contributed by atoms with E-state index in [2.05, 4.69) is 4.98 Å². The van der Waals surface area contributed by atoms with Crippen molar-refractivity contribution in [1.82, 2.24) is 4.98 Å². The number of halogens is 4. The van der Waals surface area contributed by atoms with Gasteiger partial charge in [0.1, 0.15) is 10.8 Å². The maximum Gasteiger partial charge on any atom is 0.433 e. The van der Waals surface area contributed by atoms with E-state index >= 15 is 0 Å². The Morgan fingerprint density at radius 2 is 1.89 bits per heavy atom. The fraction of sp³-hybridized carbons (Fsp3) is 0.583.